The lowest BCUT2D eigenvalue weighted by Crippen LogP contribution is -2.53. The molecule has 1 aliphatic heterocycles. The molecule has 0 unspecified atom stereocenters. The Hall–Kier alpha value is -2.26. The lowest BCUT2D eigenvalue weighted by atomic mass is 9.93. The van der Waals surface area contributed by atoms with Crippen LogP contribution in [0.3, 0.4) is 0 Å². The second-order valence-electron chi connectivity index (χ2n) is 7.39. The van der Waals surface area contributed by atoms with Gasteiger partial charge in [-0.3, -0.25) is 9.69 Å². The Morgan fingerprint density at radius 3 is 2.45 bits per heavy atom. The van der Waals surface area contributed by atoms with Crippen LogP contribution in [-0.2, 0) is 21.4 Å². The molecular weight excluding hydrogens is 390 g/mol. The number of aliphatic hydroxyl groups excluding tert-OH is 1. The van der Waals surface area contributed by atoms with Crippen molar-refractivity contribution >= 4 is 21.6 Å². The molecule has 3 rings (SSSR count). The molecule has 1 heterocycles. The Bertz CT molecular complexity index is 917. The summed E-state index contributed by atoms with van der Waals surface area (Å²) in [5, 5.41) is 12.3. The predicted octanol–water partition coefficient (Wildman–Crippen LogP) is 1.81. The van der Waals surface area contributed by atoms with E-state index in [1.165, 1.54) is 24.6 Å². The Morgan fingerprint density at radius 1 is 1.14 bits per heavy atom. The summed E-state index contributed by atoms with van der Waals surface area (Å²) in [6.45, 7) is 3.41. The zero-order valence-corrected chi connectivity index (χ0v) is 17.2. The zero-order chi connectivity index (χ0) is 20.9. The number of sulfonamides is 1. The normalized spacial score (nSPS) is 20.3. The van der Waals surface area contributed by atoms with Gasteiger partial charge in [0.05, 0.1) is 4.90 Å². The molecule has 0 aromatic heterocycles. The molecule has 3 N–H and O–H groups in total. The quantitative estimate of drug-likeness (QED) is 0.638. The summed E-state index contributed by atoms with van der Waals surface area (Å²) < 4.78 is 28.5. The van der Waals surface area contributed by atoms with Crippen molar-refractivity contribution in [3.05, 3.63) is 60.2 Å². The highest BCUT2D eigenvalue weighted by Crippen LogP contribution is 2.22. The van der Waals surface area contributed by atoms with Crippen LogP contribution in [0.15, 0.2) is 59.5 Å². The maximum absolute atomic E-state index is 12.9. The van der Waals surface area contributed by atoms with Gasteiger partial charge in [0, 0.05) is 44.3 Å². The highest BCUT2D eigenvalue weighted by atomic mass is 32.2. The Kier molecular flexibility index (Phi) is 7.02. The number of rotatable bonds is 7. The van der Waals surface area contributed by atoms with Crippen LogP contribution in [0.25, 0.3) is 0 Å². The number of aliphatic hydroxyl groups is 1. The molecule has 7 nitrogen and oxygen atoms in total. The smallest absolute Gasteiger partial charge is 0.240 e. The summed E-state index contributed by atoms with van der Waals surface area (Å²) in [5.41, 5.74) is 1.71. The summed E-state index contributed by atoms with van der Waals surface area (Å²) in [6.07, 6.45) is 0.720. The van der Waals surface area contributed by atoms with E-state index in [-0.39, 0.29) is 29.4 Å². The summed E-state index contributed by atoms with van der Waals surface area (Å²) in [7, 11) is -3.74. The van der Waals surface area contributed by atoms with E-state index in [4.69, 9.17) is 0 Å². The largest absolute Gasteiger partial charge is 0.396 e. The van der Waals surface area contributed by atoms with Crippen LogP contribution in [0.5, 0.6) is 0 Å². The minimum Gasteiger partial charge on any atom is -0.396 e. The van der Waals surface area contributed by atoms with Crippen LogP contribution < -0.4 is 10.0 Å². The lowest BCUT2D eigenvalue weighted by Gasteiger charge is -2.38. The summed E-state index contributed by atoms with van der Waals surface area (Å²) in [5.74, 6) is -0.347. The zero-order valence-electron chi connectivity index (χ0n) is 16.4. The Labute approximate surface area is 171 Å². The lowest BCUT2D eigenvalue weighted by molar-refractivity contribution is -0.114. The minimum atomic E-state index is -3.74. The average molecular weight is 418 g/mol. The van der Waals surface area contributed by atoms with E-state index in [1.54, 1.807) is 12.1 Å². The molecule has 0 bridgehead atoms. The molecule has 1 amide bonds. The standard InChI is InChI=1S/C21H27N3O4S/c1-16(26)22-19-7-9-20(10-8-19)29(27,28)23-21-14-24(12-11-18(21)15-25)13-17-5-3-2-4-6-17/h2-10,18,21,23,25H,11-15H2,1H3,(H,22,26)/t18-,21+/m0/s1. The second-order valence-corrected chi connectivity index (χ2v) is 9.10. The van der Waals surface area contributed by atoms with E-state index in [2.05, 4.69) is 14.9 Å². The van der Waals surface area contributed by atoms with E-state index in [0.717, 1.165) is 19.5 Å². The number of amides is 1. The van der Waals surface area contributed by atoms with Crippen molar-refractivity contribution in [2.75, 3.05) is 25.0 Å². The number of benzene rings is 2. The van der Waals surface area contributed by atoms with Crippen molar-refractivity contribution in [2.24, 2.45) is 5.92 Å². The van der Waals surface area contributed by atoms with Crippen molar-refractivity contribution < 1.29 is 18.3 Å². The van der Waals surface area contributed by atoms with E-state index in [1.807, 2.05) is 30.3 Å². The third-order valence-electron chi connectivity index (χ3n) is 5.12. The van der Waals surface area contributed by atoms with Crippen LogP contribution >= 0.6 is 0 Å². The van der Waals surface area contributed by atoms with E-state index in [9.17, 15) is 18.3 Å². The molecular formula is C21H27N3O4S. The van der Waals surface area contributed by atoms with Crippen molar-refractivity contribution in [2.45, 2.75) is 30.8 Å². The molecule has 8 heteroatoms. The highest BCUT2D eigenvalue weighted by Gasteiger charge is 2.32. The van der Waals surface area contributed by atoms with Crippen LogP contribution in [0.4, 0.5) is 5.69 Å². The maximum atomic E-state index is 12.9. The average Bonchev–Trinajstić information content (AvgIpc) is 2.69. The van der Waals surface area contributed by atoms with Gasteiger partial charge in [-0.1, -0.05) is 30.3 Å². The van der Waals surface area contributed by atoms with E-state index >= 15 is 0 Å². The van der Waals surface area contributed by atoms with Gasteiger partial charge in [-0.05, 0) is 42.8 Å². The first-order chi connectivity index (χ1) is 13.9. The fourth-order valence-corrected chi connectivity index (χ4v) is 4.89. The van der Waals surface area contributed by atoms with Gasteiger partial charge >= 0.3 is 0 Å². The summed E-state index contributed by atoms with van der Waals surface area (Å²) in [4.78, 5) is 13.4. The number of carbonyl (C=O) groups is 1. The number of piperidine rings is 1. The molecule has 1 fully saturated rings. The molecule has 156 valence electrons. The number of carbonyl (C=O) groups excluding carboxylic acids is 1. The minimum absolute atomic E-state index is 0.0617. The van der Waals surface area contributed by atoms with Gasteiger partial charge in [0.1, 0.15) is 0 Å². The van der Waals surface area contributed by atoms with Crippen molar-refractivity contribution in [3.8, 4) is 0 Å². The van der Waals surface area contributed by atoms with Gasteiger partial charge in [0.2, 0.25) is 15.9 Å². The predicted molar refractivity (Wildman–Crippen MR) is 112 cm³/mol. The molecule has 0 aliphatic carbocycles. The molecule has 2 aromatic rings. The summed E-state index contributed by atoms with van der Waals surface area (Å²) in [6, 6.07) is 15.7. The van der Waals surface area contributed by atoms with E-state index in [0.29, 0.717) is 12.2 Å². The molecule has 29 heavy (non-hydrogen) atoms. The molecule has 2 aromatic carbocycles. The topological polar surface area (TPSA) is 98.7 Å². The Morgan fingerprint density at radius 2 is 1.83 bits per heavy atom. The number of nitrogens with zero attached hydrogens (tertiary/aromatic N) is 1. The molecule has 1 saturated heterocycles. The van der Waals surface area contributed by atoms with Gasteiger partial charge in [0.15, 0.2) is 0 Å². The fraction of sp³-hybridized carbons (Fsp3) is 0.381. The van der Waals surface area contributed by atoms with Gasteiger partial charge < -0.3 is 10.4 Å². The first-order valence-corrected chi connectivity index (χ1v) is 11.1. The van der Waals surface area contributed by atoms with Gasteiger partial charge in [0.25, 0.3) is 0 Å². The van der Waals surface area contributed by atoms with Crippen molar-refractivity contribution in [1.82, 2.24) is 9.62 Å². The third-order valence-corrected chi connectivity index (χ3v) is 6.62. The Balaban J connectivity index is 1.70. The first-order valence-electron chi connectivity index (χ1n) is 9.64. The monoisotopic (exact) mass is 417 g/mol. The molecule has 1 aliphatic rings. The third kappa shape index (κ3) is 5.86. The summed E-state index contributed by atoms with van der Waals surface area (Å²) >= 11 is 0. The van der Waals surface area contributed by atoms with Gasteiger partial charge in [-0.2, -0.15) is 0 Å². The second kappa shape index (κ2) is 9.49. The van der Waals surface area contributed by atoms with Crippen LogP contribution in [0.1, 0.15) is 18.9 Å². The molecule has 0 radical (unpaired) electrons. The number of anilines is 1. The molecule has 0 spiro atoms. The van der Waals surface area contributed by atoms with Crippen LogP contribution in [0.2, 0.25) is 0 Å². The van der Waals surface area contributed by atoms with Gasteiger partial charge in [-0.25, -0.2) is 13.1 Å². The first kappa shape index (κ1) is 21.4. The SMILES string of the molecule is CC(=O)Nc1ccc(S(=O)(=O)N[C@@H]2CN(Cc3ccccc3)CC[C@H]2CO)cc1. The number of likely N-dealkylation sites (tertiary alicyclic amines) is 1. The number of nitrogens with one attached hydrogen (secondary N) is 2. The van der Waals surface area contributed by atoms with Crippen molar-refractivity contribution in [3.63, 3.8) is 0 Å². The number of hydrogen-bond donors (Lipinski definition) is 3. The molecule has 2 atom stereocenters. The van der Waals surface area contributed by atoms with Gasteiger partial charge in [-0.15, -0.1) is 0 Å². The van der Waals surface area contributed by atoms with Crippen LogP contribution in [0, 0.1) is 5.92 Å². The maximum Gasteiger partial charge on any atom is 0.240 e. The van der Waals surface area contributed by atoms with Crippen molar-refractivity contribution in [1.29, 1.82) is 0 Å². The molecule has 0 saturated carbocycles. The van der Waals surface area contributed by atoms with Crippen LogP contribution in [-0.4, -0.2) is 50.1 Å². The highest BCUT2D eigenvalue weighted by molar-refractivity contribution is 7.89. The van der Waals surface area contributed by atoms with E-state index < -0.39 is 10.0 Å². The number of hydrogen-bond acceptors (Lipinski definition) is 5. The fourth-order valence-electron chi connectivity index (χ4n) is 3.59.